The number of benzene rings is 1. The number of aryl methyl sites for hydroxylation is 1. The van der Waals surface area contributed by atoms with Crippen LogP contribution >= 0.6 is 0 Å². The van der Waals surface area contributed by atoms with Crippen LogP contribution in [0.15, 0.2) is 41.0 Å². The third-order valence-electron chi connectivity index (χ3n) is 4.45. The van der Waals surface area contributed by atoms with Gasteiger partial charge < -0.3 is 9.73 Å². The summed E-state index contributed by atoms with van der Waals surface area (Å²) in [6.45, 7) is 1.70. The molecule has 0 saturated heterocycles. The summed E-state index contributed by atoms with van der Waals surface area (Å²) < 4.78 is 45.5. The standard InChI is InChI=1S/C19H15F3N4O/c1-10-25-26-18(27-10)12-5-3-11(4-6-12)13-7-8-15-16(13)17(23-2)14(9-24-15)19(20,21)22/h3-7,9H,8H2,1-2H3,(H,23,24). The van der Waals surface area contributed by atoms with Gasteiger partial charge in [0.05, 0.1) is 16.9 Å². The van der Waals surface area contributed by atoms with Crippen molar-refractivity contribution in [3.8, 4) is 11.5 Å². The second-order valence-corrected chi connectivity index (χ2v) is 6.14. The van der Waals surface area contributed by atoms with Crippen LogP contribution in [-0.4, -0.2) is 22.2 Å². The van der Waals surface area contributed by atoms with Gasteiger partial charge in [-0.15, -0.1) is 10.2 Å². The maximum absolute atomic E-state index is 13.4. The number of pyridine rings is 1. The maximum atomic E-state index is 13.4. The van der Waals surface area contributed by atoms with Crippen molar-refractivity contribution in [2.45, 2.75) is 19.5 Å². The second-order valence-electron chi connectivity index (χ2n) is 6.14. The fourth-order valence-corrected chi connectivity index (χ4v) is 3.24. The molecule has 1 aliphatic rings. The Labute approximate surface area is 153 Å². The van der Waals surface area contributed by atoms with E-state index in [9.17, 15) is 13.2 Å². The summed E-state index contributed by atoms with van der Waals surface area (Å²) in [5, 5.41) is 10.5. The Hall–Kier alpha value is -3.16. The Morgan fingerprint density at radius 1 is 1.07 bits per heavy atom. The lowest BCUT2D eigenvalue weighted by Gasteiger charge is -2.18. The molecule has 4 rings (SSSR count). The summed E-state index contributed by atoms with van der Waals surface area (Å²) in [7, 11) is 1.49. The molecule has 2 aromatic heterocycles. The van der Waals surface area contributed by atoms with Gasteiger partial charge in [0.15, 0.2) is 0 Å². The normalized spacial score (nSPS) is 13.4. The number of halogens is 3. The number of nitrogens with zero attached hydrogens (tertiary/aromatic N) is 3. The number of allylic oxidation sites excluding steroid dienone is 1. The fraction of sp³-hybridized carbons (Fsp3) is 0.211. The largest absolute Gasteiger partial charge is 0.421 e. The number of anilines is 1. The zero-order chi connectivity index (χ0) is 19.2. The number of fused-ring (bicyclic) bond motifs is 1. The predicted octanol–water partition coefficient (Wildman–Crippen LogP) is 4.49. The molecule has 3 aromatic rings. The molecule has 0 unspecified atom stereocenters. The molecule has 1 N–H and O–H groups in total. The first-order valence-electron chi connectivity index (χ1n) is 8.26. The minimum atomic E-state index is -4.48. The average molecular weight is 372 g/mol. The van der Waals surface area contributed by atoms with Crippen LogP contribution in [-0.2, 0) is 12.6 Å². The van der Waals surface area contributed by atoms with Crippen LogP contribution in [0.5, 0.6) is 0 Å². The van der Waals surface area contributed by atoms with E-state index in [4.69, 9.17) is 4.42 Å². The Bertz CT molecular complexity index is 1040. The highest BCUT2D eigenvalue weighted by Gasteiger charge is 2.37. The molecular formula is C19H15F3N4O. The summed E-state index contributed by atoms with van der Waals surface area (Å²) in [4.78, 5) is 4.03. The smallest absolute Gasteiger partial charge is 0.419 e. The van der Waals surface area contributed by atoms with E-state index in [0.29, 0.717) is 29.5 Å². The molecule has 0 radical (unpaired) electrons. The van der Waals surface area contributed by atoms with Crippen molar-refractivity contribution in [2.75, 3.05) is 12.4 Å². The van der Waals surface area contributed by atoms with Gasteiger partial charge in [-0.2, -0.15) is 13.2 Å². The molecular weight excluding hydrogens is 357 g/mol. The van der Waals surface area contributed by atoms with E-state index >= 15 is 0 Å². The fourth-order valence-electron chi connectivity index (χ4n) is 3.24. The number of nitrogens with one attached hydrogen (secondary N) is 1. The molecule has 0 saturated carbocycles. The van der Waals surface area contributed by atoms with Gasteiger partial charge in [0.2, 0.25) is 11.8 Å². The lowest BCUT2D eigenvalue weighted by atomic mass is 9.96. The highest BCUT2D eigenvalue weighted by atomic mass is 19.4. The van der Waals surface area contributed by atoms with Crippen molar-refractivity contribution < 1.29 is 17.6 Å². The van der Waals surface area contributed by atoms with Crippen molar-refractivity contribution in [3.63, 3.8) is 0 Å². The third-order valence-corrected chi connectivity index (χ3v) is 4.45. The van der Waals surface area contributed by atoms with Crippen LogP contribution in [0.25, 0.3) is 17.0 Å². The first-order chi connectivity index (χ1) is 12.9. The second kappa shape index (κ2) is 6.22. The van der Waals surface area contributed by atoms with Gasteiger partial charge in [0.1, 0.15) is 0 Å². The van der Waals surface area contributed by atoms with Crippen molar-refractivity contribution in [1.82, 2.24) is 15.2 Å². The molecule has 27 heavy (non-hydrogen) atoms. The number of aromatic nitrogens is 3. The van der Waals surface area contributed by atoms with Gasteiger partial charge in [-0.05, 0) is 23.3 Å². The van der Waals surface area contributed by atoms with Gasteiger partial charge >= 0.3 is 6.18 Å². The zero-order valence-corrected chi connectivity index (χ0v) is 14.6. The van der Waals surface area contributed by atoms with Gasteiger partial charge in [-0.3, -0.25) is 4.98 Å². The predicted molar refractivity (Wildman–Crippen MR) is 94.0 cm³/mol. The van der Waals surface area contributed by atoms with Crippen molar-refractivity contribution in [3.05, 3.63) is 64.8 Å². The minimum absolute atomic E-state index is 0.0489. The molecule has 8 heteroatoms. The third kappa shape index (κ3) is 2.97. The summed E-state index contributed by atoms with van der Waals surface area (Å²) in [6.07, 6.45) is -1.21. The highest BCUT2D eigenvalue weighted by Crippen LogP contribution is 2.43. The molecule has 5 nitrogen and oxygen atoms in total. The Morgan fingerprint density at radius 3 is 2.37 bits per heavy atom. The van der Waals surface area contributed by atoms with E-state index in [0.717, 1.165) is 22.9 Å². The monoisotopic (exact) mass is 372 g/mol. The number of hydrogen-bond donors (Lipinski definition) is 1. The molecule has 0 fully saturated rings. The van der Waals surface area contributed by atoms with Crippen molar-refractivity contribution in [1.29, 1.82) is 0 Å². The number of rotatable bonds is 3. The van der Waals surface area contributed by atoms with Crippen molar-refractivity contribution in [2.24, 2.45) is 0 Å². The summed E-state index contributed by atoms with van der Waals surface area (Å²) in [5.74, 6) is 0.864. The summed E-state index contributed by atoms with van der Waals surface area (Å²) in [5.41, 5.74) is 2.66. The maximum Gasteiger partial charge on any atom is 0.419 e. The summed E-state index contributed by atoms with van der Waals surface area (Å²) >= 11 is 0. The van der Waals surface area contributed by atoms with E-state index in [1.54, 1.807) is 19.1 Å². The summed E-state index contributed by atoms with van der Waals surface area (Å²) in [6, 6.07) is 7.27. The molecule has 0 bridgehead atoms. The molecule has 0 amide bonds. The highest BCUT2D eigenvalue weighted by molar-refractivity contribution is 5.91. The SMILES string of the molecule is CNc1c(C(F)(F)F)cnc2c1C(c1ccc(-c3nnc(C)o3)cc1)=CC2. The average Bonchev–Trinajstić information content (AvgIpc) is 3.26. The van der Waals surface area contributed by atoms with Gasteiger partial charge in [0, 0.05) is 37.7 Å². The molecule has 0 aliphatic heterocycles. The van der Waals surface area contributed by atoms with Crippen LogP contribution in [0.1, 0.15) is 28.3 Å². The van der Waals surface area contributed by atoms with Crippen LogP contribution in [0, 0.1) is 6.92 Å². The molecule has 0 spiro atoms. The van der Waals surface area contributed by atoms with Gasteiger partial charge in [0.25, 0.3) is 0 Å². The van der Waals surface area contributed by atoms with E-state index in [2.05, 4.69) is 20.5 Å². The Balaban J connectivity index is 1.76. The minimum Gasteiger partial charge on any atom is -0.421 e. The molecule has 1 aliphatic carbocycles. The topological polar surface area (TPSA) is 63.8 Å². The zero-order valence-electron chi connectivity index (χ0n) is 14.6. The Morgan fingerprint density at radius 2 is 1.78 bits per heavy atom. The number of alkyl halides is 3. The van der Waals surface area contributed by atoms with Crippen LogP contribution in [0.3, 0.4) is 0 Å². The van der Waals surface area contributed by atoms with E-state index in [1.807, 2.05) is 18.2 Å². The van der Waals surface area contributed by atoms with Crippen LogP contribution < -0.4 is 5.32 Å². The number of hydrogen-bond acceptors (Lipinski definition) is 5. The molecule has 2 heterocycles. The first-order valence-corrected chi connectivity index (χ1v) is 8.26. The Kier molecular flexibility index (Phi) is 3.98. The van der Waals surface area contributed by atoms with E-state index in [1.165, 1.54) is 7.05 Å². The quantitative estimate of drug-likeness (QED) is 0.734. The van der Waals surface area contributed by atoms with Gasteiger partial charge in [-0.1, -0.05) is 18.2 Å². The van der Waals surface area contributed by atoms with Crippen molar-refractivity contribution >= 4 is 11.3 Å². The lowest BCUT2D eigenvalue weighted by molar-refractivity contribution is -0.137. The molecule has 0 atom stereocenters. The van der Waals surface area contributed by atoms with Gasteiger partial charge in [-0.25, -0.2) is 0 Å². The van der Waals surface area contributed by atoms with Crippen LogP contribution in [0.4, 0.5) is 18.9 Å². The molecule has 1 aromatic carbocycles. The molecule has 138 valence electrons. The van der Waals surface area contributed by atoms with Crippen LogP contribution in [0.2, 0.25) is 0 Å². The van der Waals surface area contributed by atoms with E-state index < -0.39 is 11.7 Å². The first kappa shape index (κ1) is 17.3. The lowest BCUT2D eigenvalue weighted by Crippen LogP contribution is -2.12. The van der Waals surface area contributed by atoms with E-state index in [-0.39, 0.29) is 5.69 Å².